The van der Waals surface area contributed by atoms with Crippen molar-refractivity contribution in [2.75, 3.05) is 12.4 Å². The van der Waals surface area contributed by atoms with Crippen LogP contribution in [-0.4, -0.2) is 24.1 Å². The highest BCUT2D eigenvalue weighted by Crippen LogP contribution is 2.29. The summed E-state index contributed by atoms with van der Waals surface area (Å²) in [6.45, 7) is 0. The second kappa shape index (κ2) is 6.23. The molecule has 1 aromatic rings. The number of methoxy groups -OCH3 is 1. The first-order valence-electron chi connectivity index (χ1n) is 6.50. The Morgan fingerprint density at radius 1 is 1.40 bits per heavy atom. The zero-order valence-corrected chi connectivity index (χ0v) is 11.2. The SMILES string of the molecule is COc1ccc(NC(=O)NC2CCCC2)cc1[N+](=O)[O-]. The Hall–Kier alpha value is -2.31. The van der Waals surface area contributed by atoms with Gasteiger partial charge in [0.05, 0.1) is 12.0 Å². The number of amides is 2. The lowest BCUT2D eigenvalue weighted by Gasteiger charge is -2.13. The lowest BCUT2D eigenvalue weighted by Crippen LogP contribution is -2.36. The number of nitrogens with one attached hydrogen (secondary N) is 2. The summed E-state index contributed by atoms with van der Waals surface area (Å²) in [4.78, 5) is 22.1. The number of nitro benzene ring substituents is 1. The molecule has 0 aromatic heterocycles. The van der Waals surface area contributed by atoms with Crippen molar-refractivity contribution in [2.24, 2.45) is 0 Å². The van der Waals surface area contributed by atoms with Crippen molar-refractivity contribution >= 4 is 17.4 Å². The summed E-state index contributed by atoms with van der Waals surface area (Å²) in [5.74, 6) is 0.164. The number of nitro groups is 1. The molecule has 2 amide bonds. The Morgan fingerprint density at radius 2 is 2.10 bits per heavy atom. The van der Waals surface area contributed by atoms with E-state index >= 15 is 0 Å². The van der Waals surface area contributed by atoms with E-state index in [-0.39, 0.29) is 23.5 Å². The standard InChI is InChI=1S/C13H17N3O4/c1-20-12-7-6-10(8-11(12)16(18)19)15-13(17)14-9-4-2-3-5-9/h6-9H,2-5H2,1H3,(H2,14,15,17). The zero-order valence-electron chi connectivity index (χ0n) is 11.2. The van der Waals surface area contributed by atoms with Crippen LogP contribution in [0.1, 0.15) is 25.7 Å². The maximum atomic E-state index is 11.8. The van der Waals surface area contributed by atoms with Gasteiger partial charge in [0, 0.05) is 17.8 Å². The first kappa shape index (κ1) is 14.1. The van der Waals surface area contributed by atoms with Crippen LogP contribution in [0.2, 0.25) is 0 Å². The van der Waals surface area contributed by atoms with Crippen LogP contribution in [0.5, 0.6) is 5.75 Å². The maximum absolute atomic E-state index is 11.8. The van der Waals surface area contributed by atoms with Gasteiger partial charge in [0.15, 0.2) is 5.75 Å². The Labute approximate surface area is 116 Å². The average molecular weight is 279 g/mol. The van der Waals surface area contributed by atoms with E-state index in [4.69, 9.17) is 4.74 Å². The number of hydrogen-bond donors (Lipinski definition) is 2. The number of carbonyl (C=O) groups is 1. The molecule has 7 nitrogen and oxygen atoms in total. The highest BCUT2D eigenvalue weighted by atomic mass is 16.6. The fourth-order valence-corrected chi connectivity index (χ4v) is 2.33. The maximum Gasteiger partial charge on any atom is 0.319 e. The minimum atomic E-state index is -0.543. The smallest absolute Gasteiger partial charge is 0.319 e. The second-order valence-electron chi connectivity index (χ2n) is 4.72. The highest BCUT2D eigenvalue weighted by Gasteiger charge is 2.19. The number of rotatable bonds is 4. The lowest BCUT2D eigenvalue weighted by atomic mass is 10.2. The summed E-state index contributed by atoms with van der Waals surface area (Å²) in [6.07, 6.45) is 4.21. The summed E-state index contributed by atoms with van der Waals surface area (Å²) in [5.41, 5.74) is 0.194. The van der Waals surface area contributed by atoms with Gasteiger partial charge in [-0.3, -0.25) is 10.1 Å². The number of urea groups is 1. The highest BCUT2D eigenvalue weighted by molar-refractivity contribution is 5.90. The van der Waals surface area contributed by atoms with Crippen LogP contribution < -0.4 is 15.4 Å². The second-order valence-corrected chi connectivity index (χ2v) is 4.72. The third-order valence-electron chi connectivity index (χ3n) is 3.32. The van der Waals surface area contributed by atoms with Crippen LogP contribution in [0.4, 0.5) is 16.2 Å². The zero-order chi connectivity index (χ0) is 14.5. The number of nitrogens with zero attached hydrogens (tertiary/aromatic N) is 1. The fourth-order valence-electron chi connectivity index (χ4n) is 2.33. The number of ether oxygens (including phenoxy) is 1. The minimum Gasteiger partial charge on any atom is -0.490 e. The van der Waals surface area contributed by atoms with Crippen molar-refractivity contribution in [1.29, 1.82) is 0 Å². The molecule has 0 aliphatic heterocycles. The van der Waals surface area contributed by atoms with Gasteiger partial charge in [-0.2, -0.15) is 0 Å². The van der Waals surface area contributed by atoms with E-state index in [9.17, 15) is 14.9 Å². The predicted molar refractivity (Wildman–Crippen MR) is 74.1 cm³/mol. The Bertz CT molecular complexity index is 512. The molecule has 1 aliphatic rings. The van der Waals surface area contributed by atoms with Crippen molar-refractivity contribution in [2.45, 2.75) is 31.7 Å². The van der Waals surface area contributed by atoms with Gasteiger partial charge in [-0.1, -0.05) is 12.8 Å². The van der Waals surface area contributed by atoms with Crippen LogP contribution >= 0.6 is 0 Å². The Balaban J connectivity index is 2.03. The van der Waals surface area contributed by atoms with Gasteiger partial charge < -0.3 is 15.4 Å². The van der Waals surface area contributed by atoms with Crippen molar-refractivity contribution in [3.63, 3.8) is 0 Å². The summed E-state index contributed by atoms with van der Waals surface area (Å²) >= 11 is 0. The molecule has 2 N–H and O–H groups in total. The molecule has 7 heteroatoms. The molecule has 108 valence electrons. The van der Waals surface area contributed by atoms with Crippen molar-refractivity contribution in [1.82, 2.24) is 5.32 Å². The summed E-state index contributed by atoms with van der Waals surface area (Å²) in [6, 6.07) is 4.18. The molecule has 0 unspecified atom stereocenters. The van der Waals surface area contributed by atoms with E-state index in [0.717, 1.165) is 25.7 Å². The third kappa shape index (κ3) is 3.37. The minimum absolute atomic E-state index is 0.164. The molecule has 1 aromatic carbocycles. The monoisotopic (exact) mass is 279 g/mol. The molecule has 20 heavy (non-hydrogen) atoms. The number of carbonyl (C=O) groups excluding carboxylic acids is 1. The number of benzene rings is 1. The van der Waals surface area contributed by atoms with Crippen LogP contribution in [-0.2, 0) is 0 Å². The molecule has 1 fully saturated rings. The summed E-state index contributed by atoms with van der Waals surface area (Å²) in [7, 11) is 1.36. The molecule has 1 saturated carbocycles. The first-order chi connectivity index (χ1) is 9.60. The molecular formula is C13H17N3O4. The van der Waals surface area contributed by atoms with E-state index < -0.39 is 4.92 Å². The molecule has 0 bridgehead atoms. The Morgan fingerprint density at radius 3 is 2.70 bits per heavy atom. The van der Waals surface area contributed by atoms with Crippen molar-refractivity contribution in [3.8, 4) is 5.75 Å². The first-order valence-corrected chi connectivity index (χ1v) is 6.50. The molecule has 0 atom stereocenters. The van der Waals surface area contributed by atoms with E-state index in [0.29, 0.717) is 5.69 Å². The molecule has 1 aliphatic carbocycles. The third-order valence-corrected chi connectivity index (χ3v) is 3.32. The van der Waals surface area contributed by atoms with Gasteiger partial charge in [-0.25, -0.2) is 4.79 Å². The molecular weight excluding hydrogens is 262 g/mol. The van der Waals surface area contributed by atoms with Crippen LogP contribution in [0.3, 0.4) is 0 Å². The van der Waals surface area contributed by atoms with Crippen LogP contribution in [0.25, 0.3) is 0 Å². The summed E-state index contributed by atoms with van der Waals surface area (Å²) < 4.78 is 4.90. The quantitative estimate of drug-likeness (QED) is 0.654. The molecule has 0 spiro atoms. The average Bonchev–Trinajstić information content (AvgIpc) is 2.91. The van der Waals surface area contributed by atoms with Gasteiger partial charge in [0.25, 0.3) is 0 Å². The summed E-state index contributed by atoms with van der Waals surface area (Å²) in [5, 5.41) is 16.4. The molecule has 0 radical (unpaired) electrons. The van der Waals surface area contributed by atoms with E-state index in [1.54, 1.807) is 6.07 Å². The molecule has 0 saturated heterocycles. The van der Waals surface area contributed by atoms with E-state index in [2.05, 4.69) is 10.6 Å². The van der Waals surface area contributed by atoms with E-state index in [1.165, 1.54) is 19.2 Å². The van der Waals surface area contributed by atoms with Gasteiger partial charge in [0.1, 0.15) is 0 Å². The Kier molecular flexibility index (Phi) is 4.39. The largest absolute Gasteiger partial charge is 0.490 e. The number of anilines is 1. The fraction of sp³-hybridized carbons (Fsp3) is 0.462. The molecule has 2 rings (SSSR count). The van der Waals surface area contributed by atoms with Gasteiger partial charge in [-0.15, -0.1) is 0 Å². The number of hydrogen-bond acceptors (Lipinski definition) is 4. The normalized spacial score (nSPS) is 14.8. The topological polar surface area (TPSA) is 93.5 Å². The van der Waals surface area contributed by atoms with Gasteiger partial charge in [0.2, 0.25) is 0 Å². The van der Waals surface area contributed by atoms with Crippen molar-refractivity contribution in [3.05, 3.63) is 28.3 Å². The lowest BCUT2D eigenvalue weighted by molar-refractivity contribution is -0.385. The van der Waals surface area contributed by atoms with Crippen LogP contribution in [0.15, 0.2) is 18.2 Å². The van der Waals surface area contributed by atoms with Crippen LogP contribution in [0, 0.1) is 10.1 Å². The predicted octanol–water partition coefficient (Wildman–Crippen LogP) is 2.67. The van der Waals surface area contributed by atoms with E-state index in [1.807, 2.05) is 0 Å². The van der Waals surface area contributed by atoms with Crippen molar-refractivity contribution < 1.29 is 14.5 Å². The van der Waals surface area contributed by atoms with Gasteiger partial charge >= 0.3 is 11.7 Å². The van der Waals surface area contributed by atoms with Gasteiger partial charge in [-0.05, 0) is 25.0 Å². The molecule has 0 heterocycles.